The molecule has 6 heteroatoms. The number of carbonyl (C=O) groups excluding carboxylic acids is 2. The molecule has 0 saturated heterocycles. The fourth-order valence-electron chi connectivity index (χ4n) is 1.78. The summed E-state index contributed by atoms with van der Waals surface area (Å²) in [6.45, 7) is 5.55. The third-order valence-corrected chi connectivity index (χ3v) is 3.62. The molecular formula is C17H25NO4S. The molecule has 0 N–H and O–H groups in total. The van der Waals surface area contributed by atoms with E-state index in [4.69, 9.17) is 9.47 Å². The van der Waals surface area contributed by atoms with Crippen LogP contribution >= 0.6 is 11.8 Å². The Morgan fingerprint density at radius 1 is 1.22 bits per heavy atom. The lowest BCUT2D eigenvalue weighted by molar-refractivity contribution is -0.149. The van der Waals surface area contributed by atoms with E-state index in [-0.39, 0.29) is 6.61 Å². The lowest BCUT2D eigenvalue weighted by Gasteiger charge is -2.29. The molecule has 0 saturated carbocycles. The Morgan fingerprint density at radius 2 is 1.83 bits per heavy atom. The number of ether oxygens (including phenoxy) is 2. The minimum atomic E-state index is -0.677. The van der Waals surface area contributed by atoms with E-state index in [1.165, 1.54) is 16.7 Å². The normalized spacial score (nSPS) is 12.4. The van der Waals surface area contributed by atoms with E-state index in [0.717, 1.165) is 5.56 Å². The highest BCUT2D eigenvalue weighted by Crippen LogP contribution is 2.14. The lowest BCUT2D eigenvalue weighted by atomic mass is 10.2. The molecule has 0 aromatic heterocycles. The molecule has 5 nitrogen and oxygen atoms in total. The Hall–Kier alpha value is -1.69. The summed E-state index contributed by atoms with van der Waals surface area (Å²) in [6.07, 6.45) is 1.34. The van der Waals surface area contributed by atoms with E-state index < -0.39 is 23.7 Å². The SMILES string of the molecule is CSCC(C(=O)OCc1ccccc1)N(C)C(=O)OC(C)(C)C. The number of hydrogen-bond donors (Lipinski definition) is 0. The number of amides is 1. The van der Waals surface area contributed by atoms with Gasteiger partial charge in [0.2, 0.25) is 0 Å². The average Bonchev–Trinajstić information content (AvgIpc) is 2.49. The Labute approximate surface area is 142 Å². The van der Waals surface area contributed by atoms with E-state index in [1.807, 2.05) is 36.6 Å². The molecule has 0 fully saturated rings. The zero-order chi connectivity index (χ0) is 17.5. The molecule has 0 spiro atoms. The van der Waals surface area contributed by atoms with Crippen LogP contribution in [0.25, 0.3) is 0 Å². The third kappa shape index (κ3) is 6.95. The van der Waals surface area contributed by atoms with Gasteiger partial charge < -0.3 is 9.47 Å². The van der Waals surface area contributed by atoms with Crippen LogP contribution in [0.15, 0.2) is 30.3 Å². The Kier molecular flexibility index (Phi) is 7.42. The standard InChI is InChI=1S/C17H25NO4S/c1-17(2,3)22-16(20)18(4)14(12-23-5)15(19)21-11-13-9-7-6-8-10-13/h6-10,14H,11-12H2,1-5H3. The van der Waals surface area contributed by atoms with Gasteiger partial charge in [-0.2, -0.15) is 11.8 Å². The first-order valence-electron chi connectivity index (χ1n) is 7.40. The van der Waals surface area contributed by atoms with Crippen molar-refractivity contribution >= 4 is 23.8 Å². The number of carbonyl (C=O) groups is 2. The molecule has 1 unspecified atom stereocenters. The van der Waals surface area contributed by atoms with Crippen LogP contribution in [0, 0.1) is 0 Å². The highest BCUT2D eigenvalue weighted by molar-refractivity contribution is 7.98. The topological polar surface area (TPSA) is 55.8 Å². The predicted octanol–water partition coefficient (Wildman–Crippen LogP) is 3.33. The van der Waals surface area contributed by atoms with Crippen LogP contribution in [0.5, 0.6) is 0 Å². The summed E-state index contributed by atoms with van der Waals surface area (Å²) in [5, 5.41) is 0. The molecule has 0 aliphatic carbocycles. The molecule has 0 radical (unpaired) electrons. The average molecular weight is 339 g/mol. The molecule has 0 aliphatic heterocycles. The van der Waals surface area contributed by atoms with Crippen molar-refractivity contribution in [3.05, 3.63) is 35.9 Å². The van der Waals surface area contributed by atoms with Crippen molar-refractivity contribution in [2.75, 3.05) is 19.1 Å². The van der Waals surface area contributed by atoms with Gasteiger partial charge in [-0.1, -0.05) is 30.3 Å². The highest BCUT2D eigenvalue weighted by Gasteiger charge is 2.31. The van der Waals surface area contributed by atoms with Crippen LogP contribution < -0.4 is 0 Å². The maximum Gasteiger partial charge on any atom is 0.410 e. The van der Waals surface area contributed by atoms with Gasteiger partial charge in [-0.15, -0.1) is 0 Å². The second kappa shape index (κ2) is 8.82. The van der Waals surface area contributed by atoms with Crippen molar-refractivity contribution < 1.29 is 19.1 Å². The van der Waals surface area contributed by atoms with Gasteiger partial charge in [0.25, 0.3) is 0 Å². The molecule has 128 valence electrons. The summed E-state index contributed by atoms with van der Waals surface area (Å²) in [5.41, 5.74) is 0.298. The van der Waals surface area contributed by atoms with E-state index in [9.17, 15) is 9.59 Å². The number of esters is 1. The van der Waals surface area contributed by atoms with Crippen molar-refractivity contribution in [2.45, 2.75) is 39.0 Å². The number of hydrogen-bond acceptors (Lipinski definition) is 5. The number of thioether (sulfide) groups is 1. The maximum absolute atomic E-state index is 12.3. The lowest BCUT2D eigenvalue weighted by Crippen LogP contribution is -2.46. The van der Waals surface area contributed by atoms with Crippen molar-refractivity contribution in [1.29, 1.82) is 0 Å². The fraction of sp³-hybridized carbons (Fsp3) is 0.529. The predicted molar refractivity (Wildman–Crippen MR) is 92.4 cm³/mol. The van der Waals surface area contributed by atoms with E-state index in [2.05, 4.69) is 0 Å². The summed E-state index contributed by atoms with van der Waals surface area (Å²) in [6, 6.07) is 8.76. The second-order valence-corrected chi connectivity index (χ2v) is 7.07. The van der Waals surface area contributed by atoms with Crippen LogP contribution in [0.2, 0.25) is 0 Å². The summed E-state index contributed by atoms with van der Waals surface area (Å²) in [7, 11) is 1.55. The number of rotatable bonds is 6. The first kappa shape index (κ1) is 19.4. The smallest absolute Gasteiger partial charge is 0.410 e. The van der Waals surface area contributed by atoms with Gasteiger partial charge in [0, 0.05) is 12.8 Å². The van der Waals surface area contributed by atoms with Crippen LogP contribution in [-0.4, -0.2) is 47.7 Å². The van der Waals surface area contributed by atoms with Gasteiger partial charge in [-0.25, -0.2) is 9.59 Å². The summed E-state index contributed by atoms with van der Waals surface area (Å²) < 4.78 is 10.7. The van der Waals surface area contributed by atoms with E-state index in [1.54, 1.807) is 27.8 Å². The number of nitrogens with zero attached hydrogens (tertiary/aromatic N) is 1. The summed E-state index contributed by atoms with van der Waals surface area (Å²) >= 11 is 1.47. The van der Waals surface area contributed by atoms with Gasteiger partial charge in [0.05, 0.1) is 0 Å². The first-order chi connectivity index (χ1) is 10.7. The van der Waals surface area contributed by atoms with Crippen molar-refractivity contribution in [3.8, 4) is 0 Å². The van der Waals surface area contributed by atoms with Crippen LogP contribution in [0.1, 0.15) is 26.3 Å². The summed E-state index contributed by atoms with van der Waals surface area (Å²) in [5.74, 6) is 0.0140. The fourth-order valence-corrected chi connectivity index (χ4v) is 2.46. The van der Waals surface area contributed by atoms with E-state index >= 15 is 0 Å². The highest BCUT2D eigenvalue weighted by atomic mass is 32.2. The minimum Gasteiger partial charge on any atom is -0.459 e. The largest absolute Gasteiger partial charge is 0.459 e. The van der Waals surface area contributed by atoms with Gasteiger partial charge in [-0.3, -0.25) is 4.90 Å². The molecule has 1 atom stereocenters. The van der Waals surface area contributed by atoms with Crippen molar-refractivity contribution in [1.82, 2.24) is 4.90 Å². The number of likely N-dealkylation sites (N-methyl/N-ethyl adjacent to an activating group) is 1. The molecule has 0 bridgehead atoms. The molecule has 1 amide bonds. The zero-order valence-electron chi connectivity index (χ0n) is 14.4. The molecule has 1 aromatic rings. The molecule has 0 heterocycles. The van der Waals surface area contributed by atoms with Crippen molar-refractivity contribution in [2.24, 2.45) is 0 Å². The minimum absolute atomic E-state index is 0.187. The second-order valence-electron chi connectivity index (χ2n) is 6.16. The van der Waals surface area contributed by atoms with Crippen LogP contribution in [0.4, 0.5) is 4.79 Å². The molecule has 1 aromatic carbocycles. The van der Waals surface area contributed by atoms with Crippen LogP contribution in [-0.2, 0) is 20.9 Å². The Morgan fingerprint density at radius 3 is 2.35 bits per heavy atom. The molecule has 0 aliphatic rings. The molecule has 1 rings (SSSR count). The zero-order valence-corrected chi connectivity index (χ0v) is 15.2. The van der Waals surface area contributed by atoms with Crippen molar-refractivity contribution in [3.63, 3.8) is 0 Å². The molecule has 23 heavy (non-hydrogen) atoms. The third-order valence-electron chi connectivity index (χ3n) is 2.97. The maximum atomic E-state index is 12.3. The quantitative estimate of drug-likeness (QED) is 0.744. The molecular weight excluding hydrogens is 314 g/mol. The van der Waals surface area contributed by atoms with Crippen LogP contribution in [0.3, 0.4) is 0 Å². The summed E-state index contributed by atoms with van der Waals surface area (Å²) in [4.78, 5) is 25.8. The van der Waals surface area contributed by atoms with Gasteiger partial charge in [-0.05, 0) is 32.6 Å². The van der Waals surface area contributed by atoms with Gasteiger partial charge in [0.15, 0.2) is 0 Å². The first-order valence-corrected chi connectivity index (χ1v) is 8.79. The monoisotopic (exact) mass is 339 g/mol. The van der Waals surface area contributed by atoms with Gasteiger partial charge in [0.1, 0.15) is 18.2 Å². The van der Waals surface area contributed by atoms with E-state index in [0.29, 0.717) is 5.75 Å². The Bertz CT molecular complexity index is 513. The van der Waals surface area contributed by atoms with Gasteiger partial charge >= 0.3 is 12.1 Å². The Balaban J connectivity index is 2.68. The number of benzene rings is 1.